The molecule has 3 heterocycles. The lowest BCUT2D eigenvalue weighted by Crippen LogP contribution is -2.10. The van der Waals surface area contributed by atoms with E-state index in [0.717, 1.165) is 35.7 Å². The molecule has 0 radical (unpaired) electrons. The zero-order valence-corrected chi connectivity index (χ0v) is 10.4. The molecule has 2 aromatic heterocycles. The number of nitrogens with one attached hydrogen (secondary N) is 1. The minimum atomic E-state index is 0.337. The second-order valence-corrected chi connectivity index (χ2v) is 4.65. The summed E-state index contributed by atoms with van der Waals surface area (Å²) in [6.07, 6.45) is 2.79. The van der Waals surface area contributed by atoms with Crippen molar-refractivity contribution < 1.29 is 4.74 Å². The molecule has 1 unspecified atom stereocenters. The van der Waals surface area contributed by atoms with E-state index in [-0.39, 0.29) is 0 Å². The average Bonchev–Trinajstić information content (AvgIpc) is 2.97. The summed E-state index contributed by atoms with van der Waals surface area (Å²) in [5.74, 6) is 0. The summed E-state index contributed by atoms with van der Waals surface area (Å²) in [7, 11) is 1.92. The van der Waals surface area contributed by atoms with E-state index in [1.54, 1.807) is 6.20 Å². The monoisotopic (exact) mass is 250 g/mol. The predicted octanol–water partition coefficient (Wildman–Crippen LogP) is 1.91. The van der Waals surface area contributed by atoms with Crippen molar-refractivity contribution >= 4 is 12.2 Å². The third-order valence-electron chi connectivity index (χ3n) is 3.11. The number of aromatic nitrogens is 4. The number of nitrogens with zero attached hydrogens (tertiary/aromatic N) is 3. The SMILES string of the molecule is Cn1nccc1-c1cc(=S)n(C2CCOC2)[nH]1. The molecule has 1 fully saturated rings. The van der Waals surface area contributed by atoms with Crippen molar-refractivity contribution in [3.63, 3.8) is 0 Å². The van der Waals surface area contributed by atoms with Gasteiger partial charge in [0.25, 0.3) is 0 Å². The van der Waals surface area contributed by atoms with Gasteiger partial charge in [0.1, 0.15) is 4.64 Å². The molecular weight excluding hydrogens is 236 g/mol. The number of aryl methyl sites for hydroxylation is 1. The highest BCUT2D eigenvalue weighted by molar-refractivity contribution is 7.71. The quantitative estimate of drug-likeness (QED) is 0.828. The van der Waals surface area contributed by atoms with Crippen LogP contribution in [0, 0.1) is 4.64 Å². The Morgan fingerprint density at radius 1 is 1.59 bits per heavy atom. The molecule has 90 valence electrons. The van der Waals surface area contributed by atoms with Crippen molar-refractivity contribution in [2.45, 2.75) is 12.5 Å². The summed E-state index contributed by atoms with van der Waals surface area (Å²) in [5, 5.41) is 7.50. The molecule has 1 N–H and O–H groups in total. The van der Waals surface area contributed by atoms with E-state index >= 15 is 0 Å². The zero-order chi connectivity index (χ0) is 11.8. The van der Waals surface area contributed by atoms with Gasteiger partial charge in [-0.15, -0.1) is 0 Å². The minimum absolute atomic E-state index is 0.337. The number of rotatable bonds is 2. The molecule has 3 rings (SSSR count). The molecule has 1 atom stereocenters. The Labute approximate surface area is 104 Å². The van der Waals surface area contributed by atoms with Gasteiger partial charge in [0.05, 0.1) is 24.0 Å². The van der Waals surface area contributed by atoms with Gasteiger partial charge in [-0.05, 0) is 12.5 Å². The molecule has 0 saturated carbocycles. The molecule has 1 aliphatic heterocycles. The summed E-state index contributed by atoms with van der Waals surface area (Å²) < 4.78 is 10.0. The third-order valence-corrected chi connectivity index (χ3v) is 3.43. The molecule has 0 bridgehead atoms. The Bertz CT molecular complexity index is 576. The second kappa shape index (κ2) is 4.12. The second-order valence-electron chi connectivity index (χ2n) is 4.24. The summed E-state index contributed by atoms with van der Waals surface area (Å²) in [6.45, 7) is 1.55. The first-order valence-electron chi connectivity index (χ1n) is 5.63. The lowest BCUT2D eigenvalue weighted by molar-refractivity contribution is 0.184. The van der Waals surface area contributed by atoms with Crippen LogP contribution >= 0.6 is 12.2 Å². The maximum absolute atomic E-state index is 5.39. The Kier molecular flexibility index (Phi) is 2.60. The molecule has 0 spiro atoms. The van der Waals surface area contributed by atoms with Crippen molar-refractivity contribution in [1.29, 1.82) is 0 Å². The van der Waals surface area contributed by atoms with E-state index < -0.39 is 0 Å². The first-order chi connectivity index (χ1) is 8.25. The van der Waals surface area contributed by atoms with Crippen LogP contribution in [0.3, 0.4) is 0 Å². The van der Waals surface area contributed by atoms with Crippen LogP contribution in [-0.4, -0.2) is 32.8 Å². The van der Waals surface area contributed by atoms with Gasteiger partial charge < -0.3 is 4.74 Å². The minimum Gasteiger partial charge on any atom is -0.379 e. The first kappa shape index (κ1) is 10.7. The van der Waals surface area contributed by atoms with Gasteiger partial charge in [-0.1, -0.05) is 12.2 Å². The molecule has 17 heavy (non-hydrogen) atoms. The van der Waals surface area contributed by atoms with E-state index in [4.69, 9.17) is 17.0 Å². The molecule has 0 amide bonds. The number of hydrogen-bond acceptors (Lipinski definition) is 3. The average molecular weight is 250 g/mol. The van der Waals surface area contributed by atoms with Gasteiger partial charge in [0.15, 0.2) is 0 Å². The van der Waals surface area contributed by atoms with Gasteiger partial charge in [0, 0.05) is 25.9 Å². The topological polar surface area (TPSA) is 47.8 Å². The fourth-order valence-corrected chi connectivity index (χ4v) is 2.49. The molecule has 2 aromatic rings. The summed E-state index contributed by atoms with van der Waals surface area (Å²) in [5.41, 5.74) is 2.04. The van der Waals surface area contributed by atoms with Gasteiger partial charge in [-0.2, -0.15) is 5.10 Å². The summed E-state index contributed by atoms with van der Waals surface area (Å²) >= 11 is 5.37. The van der Waals surface area contributed by atoms with Crippen molar-refractivity contribution in [2.24, 2.45) is 7.05 Å². The fourth-order valence-electron chi connectivity index (χ4n) is 2.18. The molecule has 5 nitrogen and oxygen atoms in total. The Hall–Kier alpha value is -1.40. The number of ether oxygens (including phenoxy) is 1. The summed E-state index contributed by atoms with van der Waals surface area (Å²) in [6, 6.07) is 4.28. The maximum Gasteiger partial charge on any atom is 0.123 e. The van der Waals surface area contributed by atoms with Gasteiger partial charge in [0.2, 0.25) is 0 Å². The van der Waals surface area contributed by atoms with Crippen molar-refractivity contribution in [1.82, 2.24) is 19.6 Å². The van der Waals surface area contributed by atoms with Crippen LogP contribution in [0.1, 0.15) is 12.5 Å². The largest absolute Gasteiger partial charge is 0.379 e. The van der Waals surface area contributed by atoms with E-state index in [0.29, 0.717) is 6.04 Å². The van der Waals surface area contributed by atoms with Crippen LogP contribution in [0.2, 0.25) is 0 Å². The van der Waals surface area contributed by atoms with Crippen molar-refractivity contribution in [2.75, 3.05) is 13.2 Å². The first-order valence-corrected chi connectivity index (χ1v) is 6.04. The van der Waals surface area contributed by atoms with E-state index in [9.17, 15) is 0 Å². The maximum atomic E-state index is 5.39. The Morgan fingerprint density at radius 2 is 2.47 bits per heavy atom. The normalized spacial score (nSPS) is 19.9. The molecule has 0 aliphatic carbocycles. The predicted molar refractivity (Wildman–Crippen MR) is 66.3 cm³/mol. The van der Waals surface area contributed by atoms with Crippen molar-refractivity contribution in [3.05, 3.63) is 23.0 Å². The molecule has 0 aromatic carbocycles. The van der Waals surface area contributed by atoms with E-state index in [1.165, 1.54) is 0 Å². The number of hydrogen-bond donors (Lipinski definition) is 1. The highest BCUT2D eigenvalue weighted by Gasteiger charge is 2.19. The summed E-state index contributed by atoms with van der Waals surface area (Å²) in [4.78, 5) is 0. The van der Waals surface area contributed by atoms with E-state index in [2.05, 4.69) is 10.2 Å². The highest BCUT2D eigenvalue weighted by Crippen LogP contribution is 2.22. The standard InChI is InChI=1S/C11H14N4OS/c1-14-10(2-4-12-14)9-6-11(17)15(13-9)8-3-5-16-7-8/h2,4,6,8,13H,3,5,7H2,1H3. The van der Waals surface area contributed by atoms with Crippen LogP contribution in [0.5, 0.6) is 0 Å². The third kappa shape index (κ3) is 1.83. The number of H-pyrrole nitrogens is 1. The van der Waals surface area contributed by atoms with Crippen molar-refractivity contribution in [3.8, 4) is 11.4 Å². The van der Waals surface area contributed by atoms with Crippen LogP contribution in [-0.2, 0) is 11.8 Å². The lowest BCUT2D eigenvalue weighted by Gasteiger charge is -2.09. The van der Waals surface area contributed by atoms with Crippen LogP contribution in [0.25, 0.3) is 11.4 Å². The molecule has 6 heteroatoms. The fraction of sp³-hybridized carbons (Fsp3) is 0.455. The zero-order valence-electron chi connectivity index (χ0n) is 9.59. The highest BCUT2D eigenvalue weighted by atomic mass is 32.1. The van der Waals surface area contributed by atoms with E-state index in [1.807, 2.05) is 28.5 Å². The molecule has 1 aliphatic rings. The van der Waals surface area contributed by atoms with Gasteiger partial charge in [-0.25, -0.2) is 0 Å². The Balaban J connectivity index is 2.01. The van der Waals surface area contributed by atoms with Crippen LogP contribution in [0.15, 0.2) is 18.3 Å². The lowest BCUT2D eigenvalue weighted by atomic mass is 10.3. The molecule has 1 saturated heterocycles. The Morgan fingerprint density at radius 3 is 3.12 bits per heavy atom. The van der Waals surface area contributed by atoms with Gasteiger partial charge in [-0.3, -0.25) is 14.5 Å². The smallest absolute Gasteiger partial charge is 0.123 e. The van der Waals surface area contributed by atoms with Crippen LogP contribution in [0.4, 0.5) is 0 Å². The number of aromatic amines is 1. The van der Waals surface area contributed by atoms with Gasteiger partial charge >= 0.3 is 0 Å². The molecular formula is C11H14N4OS. The van der Waals surface area contributed by atoms with Crippen LogP contribution < -0.4 is 0 Å².